The van der Waals surface area contributed by atoms with Crippen molar-refractivity contribution in [3.8, 4) is 0 Å². The van der Waals surface area contributed by atoms with Gasteiger partial charge in [0.15, 0.2) is 0 Å². The predicted molar refractivity (Wildman–Crippen MR) is 81.0 cm³/mol. The third kappa shape index (κ3) is 2.16. The molecule has 0 bridgehead atoms. The number of nitrogens with zero attached hydrogens (tertiary/aromatic N) is 1. The molecule has 4 aliphatic rings. The number of amides is 3. The molecule has 0 radical (unpaired) electrons. The molecule has 3 aliphatic carbocycles. The number of hydrogen-bond acceptors (Lipinski definition) is 3. The summed E-state index contributed by atoms with van der Waals surface area (Å²) >= 11 is 0. The maximum Gasteiger partial charge on any atom is 0.325 e. The van der Waals surface area contributed by atoms with Crippen LogP contribution in [0.3, 0.4) is 0 Å². The largest absolute Gasteiger partial charge is 0.388 e. The molecule has 122 valence electrons. The Hall–Kier alpha value is -1.10. The molecule has 0 atom stereocenters. The molecule has 3 saturated carbocycles. The Morgan fingerprint density at radius 3 is 2.14 bits per heavy atom. The lowest BCUT2D eigenvalue weighted by Crippen LogP contribution is -2.52. The Bertz CT molecular complexity index is 490. The van der Waals surface area contributed by atoms with E-state index in [4.69, 9.17) is 0 Å². The van der Waals surface area contributed by atoms with E-state index >= 15 is 0 Å². The van der Waals surface area contributed by atoms with E-state index < -0.39 is 11.1 Å². The molecule has 22 heavy (non-hydrogen) atoms. The van der Waals surface area contributed by atoms with Crippen LogP contribution in [0.2, 0.25) is 0 Å². The first kappa shape index (κ1) is 14.5. The molecular weight excluding hydrogens is 280 g/mol. The fourth-order valence-corrected chi connectivity index (χ4v) is 4.47. The minimum absolute atomic E-state index is 0.0606. The minimum atomic E-state index is -0.886. The Morgan fingerprint density at radius 2 is 1.64 bits per heavy atom. The first-order valence-electron chi connectivity index (χ1n) is 8.81. The van der Waals surface area contributed by atoms with E-state index in [-0.39, 0.29) is 18.5 Å². The summed E-state index contributed by atoms with van der Waals surface area (Å²) in [5.41, 5.74) is -1.52. The van der Waals surface area contributed by atoms with E-state index in [0.717, 1.165) is 38.5 Å². The lowest BCUT2D eigenvalue weighted by atomic mass is 9.79. The van der Waals surface area contributed by atoms with Crippen LogP contribution in [0.15, 0.2) is 0 Å². The molecule has 1 aliphatic heterocycles. The smallest absolute Gasteiger partial charge is 0.325 e. The molecule has 4 fully saturated rings. The van der Waals surface area contributed by atoms with Crippen LogP contribution in [0.5, 0.6) is 0 Å². The number of aliphatic hydroxyl groups is 1. The topological polar surface area (TPSA) is 69.6 Å². The zero-order valence-corrected chi connectivity index (χ0v) is 13.3. The van der Waals surface area contributed by atoms with Gasteiger partial charge in [-0.2, -0.15) is 0 Å². The van der Waals surface area contributed by atoms with Crippen molar-refractivity contribution in [2.45, 2.75) is 69.4 Å². The predicted octanol–water partition coefficient (Wildman–Crippen LogP) is 2.04. The van der Waals surface area contributed by atoms with Gasteiger partial charge in [-0.1, -0.05) is 6.92 Å². The fourth-order valence-electron chi connectivity index (χ4n) is 4.47. The molecule has 5 nitrogen and oxygen atoms in total. The van der Waals surface area contributed by atoms with Crippen molar-refractivity contribution in [3.05, 3.63) is 0 Å². The standard InChI is InChI=1S/C17H26N2O3/c1-11-6-8-16(22,9-7-11)10-19-14(20)17(12-2-3-12,13-4-5-13)18-15(19)21/h11-13,22H,2-10H2,1H3,(H,18,21). The van der Waals surface area contributed by atoms with Gasteiger partial charge in [-0.3, -0.25) is 9.69 Å². The highest BCUT2D eigenvalue weighted by molar-refractivity contribution is 6.08. The van der Waals surface area contributed by atoms with Crippen LogP contribution in [0.4, 0.5) is 4.79 Å². The number of hydrogen-bond donors (Lipinski definition) is 2. The SMILES string of the molecule is CC1CCC(O)(CN2C(=O)NC(C3CC3)(C3CC3)C2=O)CC1. The zero-order valence-electron chi connectivity index (χ0n) is 13.3. The van der Waals surface area contributed by atoms with Crippen LogP contribution >= 0.6 is 0 Å². The van der Waals surface area contributed by atoms with Crippen molar-refractivity contribution < 1.29 is 14.7 Å². The first-order chi connectivity index (χ1) is 10.4. The van der Waals surface area contributed by atoms with Crippen molar-refractivity contribution in [3.63, 3.8) is 0 Å². The van der Waals surface area contributed by atoms with Crippen LogP contribution < -0.4 is 5.32 Å². The highest BCUT2D eigenvalue weighted by Gasteiger charge is 2.65. The highest BCUT2D eigenvalue weighted by Crippen LogP contribution is 2.54. The Kier molecular flexibility index (Phi) is 3.09. The Balaban J connectivity index is 1.52. The van der Waals surface area contributed by atoms with Gasteiger partial charge in [-0.05, 0) is 69.1 Å². The van der Waals surface area contributed by atoms with Gasteiger partial charge in [0, 0.05) is 0 Å². The molecule has 0 aromatic heterocycles. The molecule has 5 heteroatoms. The van der Waals surface area contributed by atoms with Gasteiger partial charge in [0.1, 0.15) is 5.54 Å². The van der Waals surface area contributed by atoms with E-state index in [9.17, 15) is 14.7 Å². The van der Waals surface area contributed by atoms with E-state index in [1.807, 2.05) is 0 Å². The molecular formula is C17H26N2O3. The van der Waals surface area contributed by atoms with Crippen molar-refractivity contribution in [2.24, 2.45) is 17.8 Å². The van der Waals surface area contributed by atoms with Gasteiger partial charge in [0.05, 0.1) is 12.1 Å². The second-order valence-electron chi connectivity index (χ2n) is 8.15. The summed E-state index contributed by atoms with van der Waals surface area (Å²) in [6.45, 7) is 2.37. The minimum Gasteiger partial charge on any atom is -0.388 e. The summed E-state index contributed by atoms with van der Waals surface area (Å²) in [4.78, 5) is 26.8. The first-order valence-corrected chi connectivity index (χ1v) is 8.81. The zero-order chi connectivity index (χ0) is 15.5. The van der Waals surface area contributed by atoms with Gasteiger partial charge >= 0.3 is 6.03 Å². The third-order valence-corrected chi connectivity index (χ3v) is 6.26. The fraction of sp³-hybridized carbons (Fsp3) is 0.882. The summed E-state index contributed by atoms with van der Waals surface area (Å²) in [5.74, 6) is 1.21. The summed E-state index contributed by atoms with van der Waals surface area (Å²) in [7, 11) is 0. The lowest BCUT2D eigenvalue weighted by molar-refractivity contribution is -0.136. The highest BCUT2D eigenvalue weighted by atomic mass is 16.3. The van der Waals surface area contributed by atoms with Crippen molar-refractivity contribution in [1.82, 2.24) is 10.2 Å². The molecule has 4 rings (SSSR count). The van der Waals surface area contributed by atoms with E-state index in [2.05, 4.69) is 12.2 Å². The number of urea groups is 1. The second kappa shape index (κ2) is 4.70. The lowest BCUT2D eigenvalue weighted by Gasteiger charge is -2.37. The molecule has 2 N–H and O–H groups in total. The van der Waals surface area contributed by atoms with Crippen molar-refractivity contribution in [1.29, 1.82) is 0 Å². The summed E-state index contributed by atoms with van der Waals surface area (Å²) < 4.78 is 0. The molecule has 1 saturated heterocycles. The number of carbonyl (C=O) groups is 2. The molecule has 0 spiro atoms. The van der Waals surface area contributed by atoms with Crippen molar-refractivity contribution >= 4 is 11.9 Å². The van der Waals surface area contributed by atoms with E-state index in [1.165, 1.54) is 4.90 Å². The number of nitrogens with one attached hydrogen (secondary N) is 1. The van der Waals surface area contributed by atoms with Crippen molar-refractivity contribution in [2.75, 3.05) is 6.54 Å². The summed E-state index contributed by atoms with van der Waals surface area (Å²) in [6.07, 6.45) is 7.47. The van der Waals surface area contributed by atoms with Crippen LogP contribution in [-0.2, 0) is 4.79 Å². The number of carbonyl (C=O) groups excluding carboxylic acids is 2. The van der Waals surface area contributed by atoms with Crippen LogP contribution in [-0.4, -0.2) is 39.6 Å². The molecule has 1 heterocycles. The Morgan fingerprint density at radius 1 is 1.09 bits per heavy atom. The molecule has 0 aromatic rings. The van der Waals surface area contributed by atoms with E-state index in [1.54, 1.807) is 0 Å². The van der Waals surface area contributed by atoms with Gasteiger partial charge in [-0.25, -0.2) is 4.79 Å². The normalized spacial score (nSPS) is 38.3. The van der Waals surface area contributed by atoms with Crippen LogP contribution in [0.25, 0.3) is 0 Å². The monoisotopic (exact) mass is 306 g/mol. The third-order valence-electron chi connectivity index (χ3n) is 6.26. The van der Waals surface area contributed by atoms with Gasteiger partial charge in [0.2, 0.25) is 0 Å². The van der Waals surface area contributed by atoms with Crippen LogP contribution in [0.1, 0.15) is 58.3 Å². The van der Waals surface area contributed by atoms with Crippen LogP contribution in [0, 0.1) is 17.8 Å². The molecule has 0 unspecified atom stereocenters. The molecule has 0 aromatic carbocycles. The average Bonchev–Trinajstić information content (AvgIpc) is 3.37. The number of imide groups is 1. The number of β-amino-alcohol motifs (C(OH)–C–C–N with tert-alkyl or cyclic N) is 1. The summed E-state index contributed by atoms with van der Waals surface area (Å²) in [6, 6.07) is -0.282. The maximum atomic E-state index is 13.0. The quantitative estimate of drug-likeness (QED) is 0.781. The maximum absolute atomic E-state index is 13.0. The van der Waals surface area contributed by atoms with Gasteiger partial charge in [0.25, 0.3) is 5.91 Å². The van der Waals surface area contributed by atoms with E-state index in [0.29, 0.717) is 30.6 Å². The second-order valence-corrected chi connectivity index (χ2v) is 8.15. The Labute approximate surface area is 131 Å². The van der Waals surface area contributed by atoms with Gasteiger partial charge < -0.3 is 10.4 Å². The molecule has 3 amide bonds. The van der Waals surface area contributed by atoms with Gasteiger partial charge in [-0.15, -0.1) is 0 Å². The number of rotatable bonds is 4. The summed E-state index contributed by atoms with van der Waals surface area (Å²) in [5, 5.41) is 13.8. The average molecular weight is 306 g/mol.